The number of nitrogens with one attached hydrogen (secondary N) is 1. The Balaban J connectivity index is 2.76. The molecule has 1 rings (SSSR count). The summed E-state index contributed by atoms with van der Waals surface area (Å²) in [5, 5.41) is 0. The van der Waals surface area contributed by atoms with Crippen LogP contribution in [-0.2, 0) is 16.4 Å². The Kier molecular flexibility index (Phi) is 5.85. The first-order chi connectivity index (χ1) is 8.45. The normalized spacial score (nSPS) is 11.3. The van der Waals surface area contributed by atoms with Crippen LogP contribution in [0, 0.1) is 0 Å². The zero-order valence-corrected chi connectivity index (χ0v) is 12.2. The topological polar surface area (TPSA) is 46.2 Å². The van der Waals surface area contributed by atoms with E-state index < -0.39 is 10.0 Å². The van der Waals surface area contributed by atoms with Gasteiger partial charge in [0, 0.05) is 12.4 Å². The molecule has 0 saturated carbocycles. The van der Waals surface area contributed by atoms with Crippen LogP contribution in [0.5, 0.6) is 0 Å². The van der Waals surface area contributed by atoms with E-state index in [0.29, 0.717) is 12.4 Å². The average Bonchev–Trinajstić information content (AvgIpc) is 2.29. The first kappa shape index (κ1) is 15.2. The fourth-order valence-corrected chi connectivity index (χ4v) is 2.57. The Morgan fingerprint density at radius 1 is 1.28 bits per heavy atom. The third-order valence-electron chi connectivity index (χ3n) is 2.40. The van der Waals surface area contributed by atoms with Crippen molar-refractivity contribution >= 4 is 21.6 Å². The lowest BCUT2D eigenvalue weighted by molar-refractivity contribution is 0.585. The highest BCUT2D eigenvalue weighted by atomic mass is 35.5. The highest BCUT2D eigenvalue weighted by molar-refractivity contribution is 7.89. The quantitative estimate of drug-likeness (QED) is 0.646. The number of aryl methyl sites for hydroxylation is 1. The van der Waals surface area contributed by atoms with Gasteiger partial charge in [0.1, 0.15) is 0 Å². The first-order valence-electron chi connectivity index (χ1n) is 5.73. The third kappa shape index (κ3) is 4.80. The van der Waals surface area contributed by atoms with Crippen LogP contribution in [0.25, 0.3) is 0 Å². The van der Waals surface area contributed by atoms with Crippen LogP contribution in [0.15, 0.2) is 40.8 Å². The number of hydrogen-bond acceptors (Lipinski definition) is 2. The number of alkyl halides is 1. The number of sulfonamides is 1. The molecule has 0 heterocycles. The van der Waals surface area contributed by atoms with E-state index in [-0.39, 0.29) is 4.90 Å². The van der Waals surface area contributed by atoms with Crippen molar-refractivity contribution in [3.05, 3.63) is 41.5 Å². The van der Waals surface area contributed by atoms with Crippen LogP contribution in [-0.4, -0.2) is 20.8 Å². The molecule has 1 N–H and O–H groups in total. The molecule has 0 aliphatic carbocycles. The molecule has 0 aliphatic rings. The molecule has 0 aliphatic heterocycles. The van der Waals surface area contributed by atoms with Crippen LogP contribution in [0.3, 0.4) is 0 Å². The Morgan fingerprint density at radius 3 is 2.39 bits per heavy atom. The van der Waals surface area contributed by atoms with Gasteiger partial charge in [-0.25, -0.2) is 13.1 Å². The molecule has 100 valence electrons. The van der Waals surface area contributed by atoms with Gasteiger partial charge in [-0.2, -0.15) is 0 Å². The predicted molar refractivity (Wildman–Crippen MR) is 75.5 cm³/mol. The van der Waals surface area contributed by atoms with Crippen molar-refractivity contribution in [3.63, 3.8) is 0 Å². The van der Waals surface area contributed by atoms with Crippen molar-refractivity contribution in [1.29, 1.82) is 0 Å². The third-order valence-corrected chi connectivity index (χ3v) is 4.03. The van der Waals surface area contributed by atoms with Crippen molar-refractivity contribution in [1.82, 2.24) is 4.72 Å². The second-order valence-electron chi connectivity index (χ2n) is 4.22. The van der Waals surface area contributed by atoms with Gasteiger partial charge in [0.2, 0.25) is 10.0 Å². The summed E-state index contributed by atoms with van der Waals surface area (Å²) < 4.78 is 26.4. The van der Waals surface area contributed by atoms with Crippen molar-refractivity contribution in [2.45, 2.75) is 25.2 Å². The maximum absolute atomic E-state index is 11.9. The van der Waals surface area contributed by atoms with E-state index in [0.717, 1.165) is 17.6 Å². The second-order valence-corrected chi connectivity index (χ2v) is 6.36. The molecule has 0 bridgehead atoms. The summed E-state index contributed by atoms with van der Waals surface area (Å²) in [6.07, 6.45) is 2.58. The fraction of sp³-hybridized carbons (Fsp3) is 0.385. The van der Waals surface area contributed by atoms with E-state index in [9.17, 15) is 8.42 Å². The maximum atomic E-state index is 11.9. The lowest BCUT2D eigenvalue weighted by atomic mass is 10.2. The van der Waals surface area contributed by atoms with Crippen LogP contribution >= 0.6 is 11.6 Å². The molecule has 0 spiro atoms. The molecule has 0 aromatic heterocycles. The van der Waals surface area contributed by atoms with Crippen molar-refractivity contribution < 1.29 is 8.42 Å². The number of allylic oxidation sites excluding steroid dienone is 1. The minimum atomic E-state index is -3.42. The Morgan fingerprint density at radius 2 is 1.89 bits per heavy atom. The van der Waals surface area contributed by atoms with E-state index in [1.165, 1.54) is 0 Å². The van der Waals surface area contributed by atoms with Gasteiger partial charge in [0.15, 0.2) is 0 Å². The summed E-state index contributed by atoms with van der Waals surface area (Å²) in [5.74, 6) is 0.533. The van der Waals surface area contributed by atoms with Gasteiger partial charge < -0.3 is 0 Å². The predicted octanol–water partition coefficient (Wildman–Crippen LogP) is 2.71. The number of hydrogen-bond donors (Lipinski definition) is 1. The Hall–Kier alpha value is -0.840. The zero-order valence-electron chi connectivity index (χ0n) is 10.6. The summed E-state index contributed by atoms with van der Waals surface area (Å²) >= 11 is 5.63. The van der Waals surface area contributed by atoms with Gasteiger partial charge in [0.05, 0.1) is 4.90 Å². The number of rotatable bonds is 6. The minimum Gasteiger partial charge on any atom is -0.207 e. The maximum Gasteiger partial charge on any atom is 0.240 e. The van der Waals surface area contributed by atoms with E-state index in [4.69, 9.17) is 11.6 Å². The average molecular weight is 288 g/mol. The molecule has 1 aromatic carbocycles. The highest BCUT2D eigenvalue weighted by Gasteiger charge is 2.12. The standard InChI is InChI=1S/C13H18ClNO2S/c1-11(2)8-10-15-18(16,17)13-5-3-12(4-6-13)7-9-14/h3-6,8,15H,7,9-10H2,1-2H3. The monoisotopic (exact) mass is 287 g/mol. The van der Waals surface area contributed by atoms with Crippen molar-refractivity contribution in [3.8, 4) is 0 Å². The summed E-state index contributed by atoms with van der Waals surface area (Å²) in [4.78, 5) is 0.281. The second kappa shape index (κ2) is 6.92. The van der Waals surface area contributed by atoms with Crippen molar-refractivity contribution in [2.75, 3.05) is 12.4 Å². The summed E-state index contributed by atoms with van der Waals surface area (Å²) in [7, 11) is -3.42. The molecule has 0 saturated heterocycles. The van der Waals surface area contributed by atoms with E-state index in [1.54, 1.807) is 24.3 Å². The van der Waals surface area contributed by atoms with Gasteiger partial charge in [-0.05, 0) is 38.0 Å². The molecule has 0 unspecified atom stereocenters. The molecule has 5 heteroatoms. The molecular formula is C13H18ClNO2S. The largest absolute Gasteiger partial charge is 0.240 e. The van der Waals surface area contributed by atoms with Gasteiger partial charge in [-0.3, -0.25) is 0 Å². The number of benzene rings is 1. The lowest BCUT2D eigenvalue weighted by Crippen LogP contribution is -2.23. The summed E-state index contributed by atoms with van der Waals surface area (Å²) in [5.41, 5.74) is 2.11. The SMILES string of the molecule is CC(C)=CCNS(=O)(=O)c1ccc(CCCl)cc1. The molecule has 0 radical (unpaired) electrons. The Labute approximate surface area is 114 Å². The highest BCUT2D eigenvalue weighted by Crippen LogP contribution is 2.11. The first-order valence-corrected chi connectivity index (χ1v) is 7.75. The number of halogens is 1. The molecule has 3 nitrogen and oxygen atoms in total. The van der Waals surface area contributed by atoms with Gasteiger partial charge in [-0.15, -0.1) is 11.6 Å². The van der Waals surface area contributed by atoms with Crippen LogP contribution < -0.4 is 4.72 Å². The van der Waals surface area contributed by atoms with Gasteiger partial charge in [0.25, 0.3) is 0 Å². The van der Waals surface area contributed by atoms with Crippen LogP contribution in [0.1, 0.15) is 19.4 Å². The zero-order chi connectivity index (χ0) is 13.6. The molecule has 0 amide bonds. The van der Waals surface area contributed by atoms with Gasteiger partial charge >= 0.3 is 0 Å². The molecule has 0 atom stereocenters. The smallest absolute Gasteiger partial charge is 0.207 e. The van der Waals surface area contributed by atoms with Crippen molar-refractivity contribution in [2.24, 2.45) is 0 Å². The molecular weight excluding hydrogens is 270 g/mol. The minimum absolute atomic E-state index is 0.281. The van der Waals surface area contributed by atoms with E-state index in [1.807, 2.05) is 19.9 Å². The Bertz CT molecular complexity index is 502. The fourth-order valence-electron chi connectivity index (χ4n) is 1.38. The molecule has 0 fully saturated rings. The molecule has 18 heavy (non-hydrogen) atoms. The van der Waals surface area contributed by atoms with E-state index in [2.05, 4.69) is 4.72 Å². The summed E-state index contributed by atoms with van der Waals surface area (Å²) in [6, 6.07) is 6.79. The van der Waals surface area contributed by atoms with E-state index >= 15 is 0 Å². The van der Waals surface area contributed by atoms with Crippen LogP contribution in [0.4, 0.5) is 0 Å². The summed E-state index contributed by atoms with van der Waals surface area (Å²) in [6.45, 7) is 4.17. The molecule has 1 aromatic rings. The van der Waals surface area contributed by atoms with Gasteiger partial charge in [-0.1, -0.05) is 23.8 Å². The lowest BCUT2D eigenvalue weighted by Gasteiger charge is -2.06. The van der Waals surface area contributed by atoms with Crippen LogP contribution in [0.2, 0.25) is 0 Å².